The zero-order valence-corrected chi connectivity index (χ0v) is 15.7. The van der Waals surface area contributed by atoms with Gasteiger partial charge in [0.2, 0.25) is 11.8 Å². The molecule has 0 aliphatic carbocycles. The molecule has 6 nitrogen and oxygen atoms in total. The molecule has 27 heavy (non-hydrogen) atoms. The van der Waals surface area contributed by atoms with Gasteiger partial charge in [0.05, 0.1) is 25.9 Å². The average molecular weight is 373 g/mol. The molecule has 2 rings (SSSR count). The van der Waals surface area contributed by atoms with Gasteiger partial charge in [0, 0.05) is 5.69 Å². The Morgan fingerprint density at radius 3 is 2.30 bits per heavy atom. The van der Waals surface area contributed by atoms with E-state index in [9.17, 15) is 14.0 Å². The lowest BCUT2D eigenvalue weighted by Gasteiger charge is -2.20. The van der Waals surface area contributed by atoms with Gasteiger partial charge in [-0.15, -0.1) is 0 Å². The van der Waals surface area contributed by atoms with Crippen molar-refractivity contribution < 1.29 is 18.7 Å². The molecule has 0 radical (unpaired) electrons. The number of nitrogens with one attached hydrogen (secondary N) is 2. The summed E-state index contributed by atoms with van der Waals surface area (Å²) in [4.78, 5) is 26.2. The maximum atomic E-state index is 13.3. The Balaban J connectivity index is 1.93. The van der Waals surface area contributed by atoms with E-state index in [-0.39, 0.29) is 24.9 Å². The topological polar surface area (TPSA) is 70.7 Å². The molecule has 7 heteroatoms. The second-order valence-corrected chi connectivity index (χ2v) is 6.06. The Hall–Kier alpha value is -2.93. The van der Waals surface area contributed by atoms with Crippen LogP contribution in [0.15, 0.2) is 42.5 Å². The lowest BCUT2D eigenvalue weighted by Crippen LogP contribution is -2.38. The van der Waals surface area contributed by atoms with Crippen LogP contribution in [-0.2, 0) is 9.59 Å². The third-order valence-electron chi connectivity index (χ3n) is 4.04. The highest BCUT2D eigenvalue weighted by Crippen LogP contribution is 2.22. The highest BCUT2D eigenvalue weighted by molar-refractivity contribution is 5.95. The Bertz CT molecular complexity index is 811. The highest BCUT2D eigenvalue weighted by atomic mass is 19.1. The second kappa shape index (κ2) is 9.68. The van der Waals surface area contributed by atoms with Gasteiger partial charge >= 0.3 is 0 Å². The normalized spacial score (nSPS) is 10.6. The number of likely N-dealkylation sites (N-methyl/N-ethyl adjacent to an activating group) is 1. The van der Waals surface area contributed by atoms with E-state index in [0.29, 0.717) is 23.7 Å². The van der Waals surface area contributed by atoms with Crippen LogP contribution in [0, 0.1) is 12.7 Å². The van der Waals surface area contributed by atoms with Gasteiger partial charge in [-0.2, -0.15) is 0 Å². The Labute approximate surface area is 158 Å². The van der Waals surface area contributed by atoms with Crippen molar-refractivity contribution >= 4 is 23.2 Å². The zero-order chi connectivity index (χ0) is 19.8. The number of para-hydroxylation sites is 2. The van der Waals surface area contributed by atoms with Crippen molar-refractivity contribution in [2.24, 2.45) is 0 Å². The third-order valence-corrected chi connectivity index (χ3v) is 4.04. The summed E-state index contributed by atoms with van der Waals surface area (Å²) >= 11 is 0. The minimum atomic E-state index is -0.417. The fourth-order valence-corrected chi connectivity index (χ4v) is 2.54. The number of anilines is 2. The minimum Gasteiger partial charge on any atom is -0.495 e. The van der Waals surface area contributed by atoms with Crippen LogP contribution in [0.4, 0.5) is 15.8 Å². The molecule has 2 amide bonds. The number of carbonyl (C=O) groups excluding carboxylic acids is 2. The van der Waals surface area contributed by atoms with E-state index in [2.05, 4.69) is 10.6 Å². The first-order valence-corrected chi connectivity index (χ1v) is 8.64. The van der Waals surface area contributed by atoms with Crippen LogP contribution in [-0.4, -0.2) is 43.5 Å². The van der Waals surface area contributed by atoms with Crippen LogP contribution in [0.2, 0.25) is 0 Å². The van der Waals surface area contributed by atoms with Crippen molar-refractivity contribution in [3.05, 3.63) is 53.8 Å². The Morgan fingerprint density at radius 2 is 1.67 bits per heavy atom. The summed E-state index contributed by atoms with van der Waals surface area (Å²) in [6, 6.07) is 11.3. The zero-order valence-electron chi connectivity index (χ0n) is 15.7. The first-order chi connectivity index (χ1) is 12.9. The van der Waals surface area contributed by atoms with Crippen LogP contribution >= 0.6 is 0 Å². The number of methoxy groups -OCH3 is 1. The van der Waals surface area contributed by atoms with Gasteiger partial charge in [0.1, 0.15) is 11.6 Å². The number of carbonyl (C=O) groups is 2. The first kappa shape index (κ1) is 20.4. The SMILES string of the molecule is CCN(CC(=O)Nc1cc(F)ccc1C)CC(=O)Nc1ccccc1OC. The average Bonchev–Trinajstić information content (AvgIpc) is 2.64. The van der Waals surface area contributed by atoms with Gasteiger partial charge in [-0.3, -0.25) is 14.5 Å². The first-order valence-electron chi connectivity index (χ1n) is 8.64. The van der Waals surface area contributed by atoms with E-state index >= 15 is 0 Å². The van der Waals surface area contributed by atoms with Crippen molar-refractivity contribution in [1.29, 1.82) is 0 Å². The lowest BCUT2D eigenvalue weighted by molar-refractivity contribution is -0.119. The molecule has 0 aliphatic rings. The molecule has 0 saturated carbocycles. The van der Waals surface area contributed by atoms with Crippen molar-refractivity contribution in [1.82, 2.24) is 4.90 Å². The van der Waals surface area contributed by atoms with Gasteiger partial charge in [-0.05, 0) is 43.3 Å². The molecule has 2 aromatic carbocycles. The van der Waals surface area contributed by atoms with Crippen molar-refractivity contribution in [3.63, 3.8) is 0 Å². The molecule has 0 heterocycles. The van der Waals surface area contributed by atoms with Gasteiger partial charge in [-0.25, -0.2) is 4.39 Å². The van der Waals surface area contributed by atoms with Crippen molar-refractivity contribution in [3.8, 4) is 5.75 Å². The molecule has 0 atom stereocenters. The number of hydrogen-bond donors (Lipinski definition) is 2. The molecule has 0 saturated heterocycles. The predicted molar refractivity (Wildman–Crippen MR) is 104 cm³/mol. The Morgan fingerprint density at radius 1 is 1.04 bits per heavy atom. The van der Waals surface area contributed by atoms with Gasteiger partial charge < -0.3 is 15.4 Å². The highest BCUT2D eigenvalue weighted by Gasteiger charge is 2.15. The molecule has 0 bridgehead atoms. The number of nitrogens with zero attached hydrogens (tertiary/aromatic N) is 1. The van der Waals surface area contributed by atoms with Crippen molar-refractivity contribution in [2.45, 2.75) is 13.8 Å². The summed E-state index contributed by atoms with van der Waals surface area (Å²) < 4.78 is 18.5. The van der Waals surface area contributed by atoms with E-state index in [4.69, 9.17) is 4.74 Å². The standard InChI is InChI=1S/C20H24FN3O3/c1-4-24(12-19(25)22-16-7-5-6-8-18(16)27-3)13-20(26)23-17-11-15(21)10-9-14(17)2/h5-11H,4,12-13H2,1-3H3,(H,22,25)(H,23,26). The van der Waals surface area contributed by atoms with E-state index in [1.807, 2.05) is 13.0 Å². The second-order valence-electron chi connectivity index (χ2n) is 6.06. The third kappa shape index (κ3) is 6.07. The number of rotatable bonds is 8. The van der Waals surface area contributed by atoms with Crippen molar-refractivity contribution in [2.75, 3.05) is 37.4 Å². The van der Waals surface area contributed by atoms with Crippen LogP contribution < -0.4 is 15.4 Å². The maximum Gasteiger partial charge on any atom is 0.238 e. The summed E-state index contributed by atoms with van der Waals surface area (Å²) in [6.07, 6.45) is 0. The maximum absolute atomic E-state index is 13.3. The van der Waals surface area contributed by atoms with Gasteiger partial charge in [0.25, 0.3) is 0 Å². The minimum absolute atomic E-state index is 0.0196. The molecular weight excluding hydrogens is 349 g/mol. The van der Waals surface area contributed by atoms with Crippen LogP contribution in [0.25, 0.3) is 0 Å². The number of ether oxygens (including phenoxy) is 1. The molecule has 2 aromatic rings. The van der Waals surface area contributed by atoms with Crippen LogP contribution in [0.3, 0.4) is 0 Å². The molecule has 0 unspecified atom stereocenters. The summed E-state index contributed by atoms with van der Waals surface area (Å²) in [6.45, 7) is 4.22. The number of hydrogen-bond acceptors (Lipinski definition) is 4. The molecule has 0 aliphatic heterocycles. The van der Waals surface area contributed by atoms with Crippen LogP contribution in [0.5, 0.6) is 5.75 Å². The molecule has 2 N–H and O–H groups in total. The largest absolute Gasteiger partial charge is 0.495 e. The molecule has 0 fully saturated rings. The lowest BCUT2D eigenvalue weighted by atomic mass is 10.2. The number of amides is 2. The summed E-state index contributed by atoms with van der Waals surface area (Å²) in [5.41, 5.74) is 1.76. The fraction of sp³-hybridized carbons (Fsp3) is 0.300. The molecular formula is C20H24FN3O3. The molecule has 0 spiro atoms. The summed E-state index contributed by atoms with van der Waals surface area (Å²) in [5, 5.41) is 5.46. The smallest absolute Gasteiger partial charge is 0.238 e. The predicted octanol–water partition coefficient (Wildman–Crippen LogP) is 3.04. The molecule has 0 aromatic heterocycles. The van der Waals surface area contributed by atoms with E-state index in [1.165, 1.54) is 19.2 Å². The number of aryl methyl sites for hydroxylation is 1. The quantitative estimate of drug-likeness (QED) is 0.746. The fourth-order valence-electron chi connectivity index (χ4n) is 2.54. The monoisotopic (exact) mass is 373 g/mol. The van der Waals surface area contributed by atoms with E-state index in [0.717, 1.165) is 5.56 Å². The summed E-state index contributed by atoms with van der Waals surface area (Å²) in [5.74, 6) is -0.417. The van der Waals surface area contributed by atoms with E-state index < -0.39 is 5.82 Å². The summed E-state index contributed by atoms with van der Waals surface area (Å²) in [7, 11) is 1.53. The van der Waals surface area contributed by atoms with Gasteiger partial charge in [-0.1, -0.05) is 25.1 Å². The number of halogens is 1. The van der Waals surface area contributed by atoms with Crippen LogP contribution in [0.1, 0.15) is 12.5 Å². The number of benzene rings is 2. The van der Waals surface area contributed by atoms with Gasteiger partial charge in [0.15, 0.2) is 0 Å². The van der Waals surface area contributed by atoms with E-state index in [1.54, 1.807) is 36.1 Å². The molecule has 144 valence electrons. The Kier molecular flexibility index (Phi) is 7.31.